The minimum atomic E-state index is 0.00819. The summed E-state index contributed by atoms with van der Waals surface area (Å²) >= 11 is 0. The minimum Gasteiger partial charge on any atom is -0.335 e. The fraction of sp³-hybridized carbons (Fsp3) is 0.900. The van der Waals surface area contributed by atoms with Crippen molar-refractivity contribution in [3.63, 3.8) is 0 Å². The average Bonchev–Trinajstić information content (AvgIpc) is 2.29. The lowest BCUT2D eigenvalue weighted by molar-refractivity contribution is -0.133. The highest BCUT2D eigenvalue weighted by molar-refractivity contribution is 5.79. The molecule has 70 valence electrons. The standard InChI is InChI=1S/C10H19NO/c1-5-8-6-7-9(12)11(8)10(2,3)4/h8H,5-7H2,1-4H3/t8-/m1/s1. The van der Waals surface area contributed by atoms with Crippen molar-refractivity contribution in [3.8, 4) is 0 Å². The Kier molecular flexibility index (Phi) is 2.45. The Morgan fingerprint density at radius 3 is 2.42 bits per heavy atom. The van der Waals surface area contributed by atoms with Gasteiger partial charge in [0, 0.05) is 18.0 Å². The summed E-state index contributed by atoms with van der Waals surface area (Å²) in [5.41, 5.74) is 0.00819. The zero-order chi connectivity index (χ0) is 9.35. The lowest BCUT2D eigenvalue weighted by Crippen LogP contribution is -2.46. The van der Waals surface area contributed by atoms with E-state index >= 15 is 0 Å². The lowest BCUT2D eigenvalue weighted by Gasteiger charge is -2.36. The second-order valence-corrected chi connectivity index (χ2v) is 4.54. The molecule has 0 aromatic carbocycles. The molecule has 1 rings (SSSR count). The SMILES string of the molecule is CC[C@@H]1CCC(=O)N1C(C)(C)C. The van der Waals surface area contributed by atoms with E-state index in [0.29, 0.717) is 11.9 Å². The molecule has 2 heteroatoms. The van der Waals surface area contributed by atoms with Gasteiger partial charge in [-0.05, 0) is 33.6 Å². The highest BCUT2D eigenvalue weighted by Crippen LogP contribution is 2.28. The van der Waals surface area contributed by atoms with Crippen LogP contribution in [0.3, 0.4) is 0 Å². The van der Waals surface area contributed by atoms with E-state index < -0.39 is 0 Å². The fourth-order valence-corrected chi connectivity index (χ4v) is 2.05. The van der Waals surface area contributed by atoms with Gasteiger partial charge < -0.3 is 4.90 Å². The van der Waals surface area contributed by atoms with Crippen LogP contribution < -0.4 is 0 Å². The molecule has 1 amide bonds. The Balaban J connectivity index is 2.77. The number of nitrogens with zero attached hydrogens (tertiary/aromatic N) is 1. The van der Waals surface area contributed by atoms with Crippen LogP contribution in [0.4, 0.5) is 0 Å². The molecule has 0 aromatic rings. The molecule has 1 aliphatic heterocycles. The molecular formula is C10H19NO. The summed E-state index contributed by atoms with van der Waals surface area (Å²) in [6.45, 7) is 8.48. The second-order valence-electron chi connectivity index (χ2n) is 4.54. The summed E-state index contributed by atoms with van der Waals surface area (Å²) in [6, 6.07) is 0.484. The van der Waals surface area contributed by atoms with Crippen molar-refractivity contribution in [1.29, 1.82) is 0 Å². The number of amides is 1. The maximum absolute atomic E-state index is 11.5. The first-order valence-corrected chi connectivity index (χ1v) is 4.79. The van der Waals surface area contributed by atoms with Crippen LogP contribution in [0.2, 0.25) is 0 Å². The van der Waals surface area contributed by atoms with Crippen molar-refractivity contribution in [2.24, 2.45) is 0 Å². The van der Waals surface area contributed by atoms with Crippen LogP contribution in [-0.2, 0) is 4.79 Å². The van der Waals surface area contributed by atoms with Crippen LogP contribution in [0.15, 0.2) is 0 Å². The van der Waals surface area contributed by atoms with Crippen molar-refractivity contribution >= 4 is 5.91 Å². The van der Waals surface area contributed by atoms with E-state index in [0.717, 1.165) is 19.3 Å². The van der Waals surface area contributed by atoms with Crippen molar-refractivity contribution in [3.05, 3.63) is 0 Å². The highest BCUT2D eigenvalue weighted by Gasteiger charge is 2.36. The zero-order valence-electron chi connectivity index (χ0n) is 8.55. The van der Waals surface area contributed by atoms with Gasteiger partial charge in [-0.15, -0.1) is 0 Å². The molecule has 1 aliphatic rings. The van der Waals surface area contributed by atoms with E-state index in [9.17, 15) is 4.79 Å². The first-order chi connectivity index (χ1) is 5.46. The largest absolute Gasteiger partial charge is 0.335 e. The zero-order valence-corrected chi connectivity index (χ0v) is 8.55. The Morgan fingerprint density at radius 1 is 1.50 bits per heavy atom. The third-order valence-electron chi connectivity index (χ3n) is 2.52. The molecule has 1 fully saturated rings. The Bertz CT molecular complexity index is 181. The molecule has 0 N–H and O–H groups in total. The first-order valence-electron chi connectivity index (χ1n) is 4.79. The fourth-order valence-electron chi connectivity index (χ4n) is 2.05. The van der Waals surface area contributed by atoms with Gasteiger partial charge >= 0.3 is 0 Å². The van der Waals surface area contributed by atoms with E-state index in [4.69, 9.17) is 0 Å². The molecule has 0 saturated carbocycles. The maximum atomic E-state index is 11.5. The molecule has 1 saturated heterocycles. The summed E-state index contributed by atoms with van der Waals surface area (Å²) in [5.74, 6) is 0.328. The predicted molar refractivity (Wildman–Crippen MR) is 49.9 cm³/mol. The number of hydrogen-bond donors (Lipinski definition) is 0. The number of likely N-dealkylation sites (tertiary alicyclic amines) is 1. The number of carbonyl (C=O) groups excluding carboxylic acids is 1. The van der Waals surface area contributed by atoms with Crippen LogP contribution in [0.25, 0.3) is 0 Å². The van der Waals surface area contributed by atoms with Crippen LogP contribution in [0.5, 0.6) is 0 Å². The molecular weight excluding hydrogens is 150 g/mol. The minimum absolute atomic E-state index is 0.00819. The topological polar surface area (TPSA) is 20.3 Å². The summed E-state index contributed by atoms with van der Waals surface area (Å²) in [6.07, 6.45) is 2.88. The molecule has 0 unspecified atom stereocenters. The van der Waals surface area contributed by atoms with Crippen molar-refractivity contribution in [2.45, 2.75) is 58.5 Å². The third-order valence-corrected chi connectivity index (χ3v) is 2.52. The Labute approximate surface area is 74.9 Å². The van der Waals surface area contributed by atoms with Crippen molar-refractivity contribution < 1.29 is 4.79 Å². The van der Waals surface area contributed by atoms with Gasteiger partial charge in [-0.25, -0.2) is 0 Å². The van der Waals surface area contributed by atoms with Crippen LogP contribution in [0, 0.1) is 0 Å². The number of carbonyl (C=O) groups is 1. The van der Waals surface area contributed by atoms with E-state index in [1.165, 1.54) is 0 Å². The van der Waals surface area contributed by atoms with Crippen LogP contribution in [0.1, 0.15) is 47.0 Å². The van der Waals surface area contributed by atoms with Gasteiger partial charge in [-0.1, -0.05) is 6.92 Å². The molecule has 0 aliphatic carbocycles. The molecule has 1 heterocycles. The summed E-state index contributed by atoms with van der Waals surface area (Å²) in [4.78, 5) is 13.6. The van der Waals surface area contributed by atoms with Crippen molar-refractivity contribution in [2.75, 3.05) is 0 Å². The van der Waals surface area contributed by atoms with Gasteiger partial charge in [-0.3, -0.25) is 4.79 Å². The normalized spacial score (nSPS) is 25.2. The third kappa shape index (κ3) is 1.62. The van der Waals surface area contributed by atoms with Gasteiger partial charge in [0.15, 0.2) is 0 Å². The summed E-state index contributed by atoms with van der Waals surface area (Å²) in [7, 11) is 0. The van der Waals surface area contributed by atoms with Gasteiger partial charge in [0.1, 0.15) is 0 Å². The molecule has 12 heavy (non-hydrogen) atoms. The predicted octanol–water partition coefficient (Wildman–Crippen LogP) is 2.19. The van der Waals surface area contributed by atoms with Gasteiger partial charge in [0.05, 0.1) is 0 Å². The molecule has 0 aromatic heterocycles. The molecule has 0 spiro atoms. The second kappa shape index (κ2) is 3.08. The average molecular weight is 169 g/mol. The van der Waals surface area contributed by atoms with Crippen LogP contribution in [-0.4, -0.2) is 22.4 Å². The number of hydrogen-bond acceptors (Lipinski definition) is 1. The Hall–Kier alpha value is -0.530. The van der Waals surface area contributed by atoms with Crippen molar-refractivity contribution in [1.82, 2.24) is 4.90 Å². The monoisotopic (exact) mass is 169 g/mol. The van der Waals surface area contributed by atoms with Gasteiger partial charge in [0.2, 0.25) is 5.91 Å². The Morgan fingerprint density at radius 2 is 2.08 bits per heavy atom. The summed E-state index contributed by atoms with van der Waals surface area (Å²) < 4.78 is 0. The van der Waals surface area contributed by atoms with E-state index in [1.807, 2.05) is 4.90 Å². The quantitative estimate of drug-likeness (QED) is 0.589. The van der Waals surface area contributed by atoms with E-state index in [1.54, 1.807) is 0 Å². The molecule has 1 atom stereocenters. The highest BCUT2D eigenvalue weighted by atomic mass is 16.2. The molecule has 0 radical (unpaired) electrons. The summed E-state index contributed by atoms with van der Waals surface area (Å²) in [5, 5.41) is 0. The van der Waals surface area contributed by atoms with E-state index in [2.05, 4.69) is 27.7 Å². The van der Waals surface area contributed by atoms with E-state index in [-0.39, 0.29) is 5.54 Å². The first kappa shape index (κ1) is 9.56. The number of rotatable bonds is 1. The smallest absolute Gasteiger partial charge is 0.223 e. The molecule has 0 bridgehead atoms. The van der Waals surface area contributed by atoms with Gasteiger partial charge in [-0.2, -0.15) is 0 Å². The lowest BCUT2D eigenvalue weighted by atomic mass is 10.0. The molecule has 2 nitrogen and oxygen atoms in total. The van der Waals surface area contributed by atoms with Gasteiger partial charge in [0.25, 0.3) is 0 Å². The maximum Gasteiger partial charge on any atom is 0.223 e. The van der Waals surface area contributed by atoms with Crippen LogP contribution >= 0.6 is 0 Å².